The Morgan fingerprint density at radius 3 is 2.74 bits per heavy atom. The molecule has 0 radical (unpaired) electrons. The lowest BCUT2D eigenvalue weighted by Gasteiger charge is -2.41. The second-order valence-electron chi connectivity index (χ2n) is 6.44. The van der Waals surface area contributed by atoms with E-state index in [0.717, 1.165) is 24.1 Å². The van der Waals surface area contributed by atoms with Gasteiger partial charge in [-0.05, 0) is 42.2 Å². The van der Waals surface area contributed by atoms with Gasteiger partial charge in [-0.3, -0.25) is 0 Å². The van der Waals surface area contributed by atoms with Crippen LogP contribution >= 0.6 is 0 Å². The lowest BCUT2D eigenvalue weighted by Crippen LogP contribution is -2.39. The molecular weight excluding hydrogens is 238 g/mol. The Morgan fingerprint density at radius 1 is 1.21 bits per heavy atom. The maximum absolute atomic E-state index is 6.39. The highest BCUT2D eigenvalue weighted by Gasteiger charge is 2.34. The molecule has 106 valence electrons. The average Bonchev–Trinajstić information content (AvgIpc) is 2.83. The molecule has 2 aliphatic carbocycles. The van der Waals surface area contributed by atoms with Crippen LogP contribution in [-0.4, -0.2) is 26.2 Å². The number of aromatic nitrogens is 4. The summed E-state index contributed by atoms with van der Waals surface area (Å²) < 4.78 is 0. The van der Waals surface area contributed by atoms with Gasteiger partial charge in [0.05, 0.1) is 7.05 Å². The zero-order valence-electron chi connectivity index (χ0n) is 11.8. The molecule has 5 nitrogen and oxygen atoms in total. The minimum absolute atomic E-state index is 0.201. The Morgan fingerprint density at radius 2 is 2.00 bits per heavy atom. The third kappa shape index (κ3) is 2.96. The van der Waals surface area contributed by atoms with Gasteiger partial charge in [-0.25, -0.2) is 0 Å². The summed E-state index contributed by atoms with van der Waals surface area (Å²) in [6, 6.07) is 0.201. The Bertz CT molecular complexity index is 416. The van der Waals surface area contributed by atoms with Gasteiger partial charge in [-0.15, -0.1) is 10.2 Å². The van der Waals surface area contributed by atoms with Gasteiger partial charge in [0.1, 0.15) is 0 Å². The van der Waals surface area contributed by atoms with E-state index in [1.165, 1.54) is 49.7 Å². The Hall–Kier alpha value is -0.970. The maximum Gasteiger partial charge on any atom is 0.176 e. The zero-order chi connectivity index (χ0) is 13.2. The molecule has 0 spiro atoms. The fraction of sp³-hybridized carbons (Fsp3) is 0.929. The van der Waals surface area contributed by atoms with E-state index >= 15 is 0 Å². The first-order chi connectivity index (χ1) is 9.22. The van der Waals surface area contributed by atoms with Crippen molar-refractivity contribution >= 4 is 0 Å². The predicted molar refractivity (Wildman–Crippen MR) is 73.3 cm³/mol. The van der Waals surface area contributed by atoms with Crippen LogP contribution in [0.5, 0.6) is 0 Å². The smallest absolute Gasteiger partial charge is 0.176 e. The molecule has 0 bridgehead atoms. The normalized spacial score (nSPS) is 32.8. The van der Waals surface area contributed by atoms with Gasteiger partial charge in [0, 0.05) is 12.5 Å². The summed E-state index contributed by atoms with van der Waals surface area (Å²) in [5.74, 6) is 3.38. The van der Waals surface area contributed by atoms with E-state index < -0.39 is 0 Å². The van der Waals surface area contributed by atoms with Crippen molar-refractivity contribution in [3.05, 3.63) is 5.82 Å². The fourth-order valence-electron chi connectivity index (χ4n) is 4.08. The largest absolute Gasteiger partial charge is 0.327 e. The number of hydrogen-bond acceptors (Lipinski definition) is 4. The van der Waals surface area contributed by atoms with E-state index in [2.05, 4.69) is 15.4 Å². The van der Waals surface area contributed by atoms with Crippen molar-refractivity contribution in [2.24, 2.45) is 30.5 Å². The van der Waals surface area contributed by atoms with Crippen molar-refractivity contribution in [3.8, 4) is 0 Å². The molecule has 0 amide bonds. The second kappa shape index (κ2) is 5.57. The van der Waals surface area contributed by atoms with Crippen LogP contribution in [0.2, 0.25) is 0 Å². The third-order valence-corrected chi connectivity index (χ3v) is 5.15. The number of nitrogens with zero attached hydrogens (tertiary/aromatic N) is 4. The molecule has 4 atom stereocenters. The van der Waals surface area contributed by atoms with E-state index in [-0.39, 0.29) is 6.04 Å². The molecule has 3 rings (SSSR count). The average molecular weight is 263 g/mol. The molecule has 0 aromatic carbocycles. The molecule has 4 unspecified atom stereocenters. The summed E-state index contributed by atoms with van der Waals surface area (Å²) in [6.45, 7) is 0. The minimum Gasteiger partial charge on any atom is -0.327 e. The first kappa shape index (κ1) is 13.0. The quantitative estimate of drug-likeness (QED) is 0.901. The van der Waals surface area contributed by atoms with E-state index in [4.69, 9.17) is 5.73 Å². The Labute approximate surface area is 114 Å². The van der Waals surface area contributed by atoms with Crippen LogP contribution in [0.25, 0.3) is 0 Å². The van der Waals surface area contributed by atoms with Crippen LogP contribution < -0.4 is 5.73 Å². The first-order valence-corrected chi connectivity index (χ1v) is 7.71. The highest BCUT2D eigenvalue weighted by atomic mass is 15.6. The predicted octanol–water partition coefficient (Wildman–Crippen LogP) is 1.69. The van der Waals surface area contributed by atoms with Crippen molar-refractivity contribution in [2.75, 3.05) is 0 Å². The van der Waals surface area contributed by atoms with E-state index in [9.17, 15) is 0 Å². The van der Waals surface area contributed by atoms with Gasteiger partial charge in [0.15, 0.2) is 5.82 Å². The van der Waals surface area contributed by atoms with Crippen LogP contribution in [0.3, 0.4) is 0 Å². The second-order valence-corrected chi connectivity index (χ2v) is 6.44. The summed E-state index contributed by atoms with van der Waals surface area (Å²) in [5, 5.41) is 12.2. The number of rotatable bonds is 3. The minimum atomic E-state index is 0.201. The van der Waals surface area contributed by atoms with Gasteiger partial charge < -0.3 is 5.73 Å². The monoisotopic (exact) mass is 263 g/mol. The molecule has 2 fully saturated rings. The van der Waals surface area contributed by atoms with Crippen LogP contribution in [0.15, 0.2) is 0 Å². The number of aryl methyl sites for hydroxylation is 1. The zero-order valence-corrected chi connectivity index (χ0v) is 11.8. The SMILES string of the molecule is Cn1nnc(CC(N)C2CCC3CCCCC3C2)n1. The van der Waals surface area contributed by atoms with E-state index in [1.807, 2.05) is 0 Å². The van der Waals surface area contributed by atoms with Crippen molar-refractivity contribution in [1.29, 1.82) is 0 Å². The third-order valence-electron chi connectivity index (χ3n) is 5.15. The summed E-state index contributed by atoms with van der Waals surface area (Å²) in [4.78, 5) is 1.51. The molecule has 19 heavy (non-hydrogen) atoms. The molecule has 0 aliphatic heterocycles. The Balaban J connectivity index is 1.56. The fourth-order valence-corrected chi connectivity index (χ4v) is 4.08. The summed E-state index contributed by atoms with van der Waals surface area (Å²) in [7, 11) is 1.80. The molecule has 0 saturated heterocycles. The van der Waals surface area contributed by atoms with Gasteiger partial charge in [0.2, 0.25) is 0 Å². The molecule has 5 heteroatoms. The topological polar surface area (TPSA) is 69.6 Å². The van der Waals surface area contributed by atoms with E-state index in [1.54, 1.807) is 7.05 Å². The highest BCUT2D eigenvalue weighted by Crippen LogP contribution is 2.43. The van der Waals surface area contributed by atoms with Gasteiger partial charge in [0.25, 0.3) is 0 Å². The maximum atomic E-state index is 6.39. The molecule has 2 aliphatic rings. The number of fused-ring (bicyclic) bond motifs is 1. The highest BCUT2D eigenvalue weighted by molar-refractivity contribution is 4.91. The standard InChI is InChI=1S/C14H25N5/c1-19-17-14(16-18-19)9-13(15)12-7-6-10-4-2-3-5-11(10)8-12/h10-13H,2-9,15H2,1H3. The van der Waals surface area contributed by atoms with Crippen LogP contribution in [0, 0.1) is 17.8 Å². The van der Waals surface area contributed by atoms with Crippen molar-refractivity contribution in [2.45, 2.75) is 57.4 Å². The number of hydrogen-bond donors (Lipinski definition) is 1. The molecule has 1 aromatic heterocycles. The molecule has 2 saturated carbocycles. The lowest BCUT2D eigenvalue weighted by molar-refractivity contribution is 0.117. The van der Waals surface area contributed by atoms with Crippen LogP contribution in [0.1, 0.15) is 50.8 Å². The lowest BCUT2D eigenvalue weighted by atomic mass is 9.66. The van der Waals surface area contributed by atoms with Crippen molar-refractivity contribution in [3.63, 3.8) is 0 Å². The van der Waals surface area contributed by atoms with Crippen LogP contribution in [-0.2, 0) is 13.5 Å². The first-order valence-electron chi connectivity index (χ1n) is 7.71. The number of nitrogens with two attached hydrogens (primary N) is 1. The van der Waals surface area contributed by atoms with Gasteiger partial charge >= 0.3 is 0 Å². The van der Waals surface area contributed by atoms with Crippen LogP contribution in [0.4, 0.5) is 0 Å². The molecule has 1 aromatic rings. The van der Waals surface area contributed by atoms with Crippen molar-refractivity contribution < 1.29 is 0 Å². The van der Waals surface area contributed by atoms with Gasteiger partial charge in [-0.1, -0.05) is 25.7 Å². The summed E-state index contributed by atoms with van der Waals surface area (Å²) in [6.07, 6.45) is 10.5. The van der Waals surface area contributed by atoms with E-state index in [0.29, 0.717) is 5.92 Å². The Kier molecular flexibility index (Phi) is 3.82. The summed E-state index contributed by atoms with van der Waals surface area (Å²) >= 11 is 0. The molecular formula is C14H25N5. The molecule has 2 N–H and O–H groups in total. The summed E-state index contributed by atoms with van der Waals surface area (Å²) in [5.41, 5.74) is 6.39. The van der Waals surface area contributed by atoms with Crippen molar-refractivity contribution in [1.82, 2.24) is 20.2 Å². The number of tetrazole rings is 1. The molecule has 1 heterocycles. The van der Waals surface area contributed by atoms with Gasteiger partial charge in [-0.2, -0.15) is 4.80 Å².